The summed E-state index contributed by atoms with van der Waals surface area (Å²) in [6.07, 6.45) is 1.48. The number of carbonyl (C=O) groups excluding carboxylic acids is 3. The zero-order valence-corrected chi connectivity index (χ0v) is 18.1. The normalized spacial score (nSPS) is 19.4. The van der Waals surface area contributed by atoms with Crippen LogP contribution in [-0.4, -0.2) is 67.5 Å². The fourth-order valence-electron chi connectivity index (χ4n) is 3.99. The van der Waals surface area contributed by atoms with Crippen molar-refractivity contribution in [1.29, 1.82) is 0 Å². The first-order valence-electron chi connectivity index (χ1n) is 10.5. The number of ether oxygens (including phenoxy) is 1. The molecule has 1 saturated heterocycles. The van der Waals surface area contributed by atoms with Crippen molar-refractivity contribution < 1.29 is 23.5 Å². The minimum absolute atomic E-state index is 0.140. The van der Waals surface area contributed by atoms with Gasteiger partial charge in [-0.25, -0.2) is 9.59 Å². The zero-order chi connectivity index (χ0) is 22.7. The third-order valence-electron chi connectivity index (χ3n) is 5.74. The standard InChI is InChI=1S/C23H26N4O5/c1-15-5-7-16(8-6-15)20-19(22(29)31-2)17(24-23(30)25-20)14-26-9-11-27(12-10-26)21(28)18-4-3-13-32-18/h3-8,13,20H,9-12,14H2,1-2H3,(H2,24,25,30). The van der Waals surface area contributed by atoms with Crippen molar-refractivity contribution in [2.24, 2.45) is 0 Å². The van der Waals surface area contributed by atoms with E-state index in [2.05, 4.69) is 15.5 Å². The van der Waals surface area contributed by atoms with Crippen molar-refractivity contribution in [3.05, 3.63) is 70.8 Å². The molecule has 3 heterocycles. The van der Waals surface area contributed by atoms with Gasteiger partial charge < -0.3 is 24.7 Å². The molecular weight excluding hydrogens is 412 g/mol. The molecule has 1 unspecified atom stereocenters. The molecule has 1 fully saturated rings. The van der Waals surface area contributed by atoms with Gasteiger partial charge >= 0.3 is 12.0 Å². The number of furan rings is 1. The lowest BCUT2D eigenvalue weighted by molar-refractivity contribution is -0.136. The fraction of sp³-hybridized carbons (Fsp3) is 0.348. The van der Waals surface area contributed by atoms with Gasteiger partial charge in [-0.3, -0.25) is 9.69 Å². The van der Waals surface area contributed by atoms with Crippen LogP contribution in [0, 0.1) is 6.92 Å². The predicted octanol–water partition coefficient (Wildman–Crippen LogP) is 1.83. The van der Waals surface area contributed by atoms with Crippen LogP contribution in [0.15, 0.2) is 58.3 Å². The average molecular weight is 438 g/mol. The maximum atomic E-state index is 12.7. The summed E-state index contributed by atoms with van der Waals surface area (Å²) >= 11 is 0. The van der Waals surface area contributed by atoms with Gasteiger partial charge in [-0.2, -0.15) is 0 Å². The number of hydrogen-bond acceptors (Lipinski definition) is 6. The summed E-state index contributed by atoms with van der Waals surface area (Å²) in [5.74, 6) is -0.316. The second-order valence-electron chi connectivity index (χ2n) is 7.87. The highest BCUT2D eigenvalue weighted by Gasteiger charge is 2.34. The van der Waals surface area contributed by atoms with E-state index in [1.165, 1.54) is 13.4 Å². The summed E-state index contributed by atoms with van der Waals surface area (Å²) < 4.78 is 10.2. The zero-order valence-electron chi connectivity index (χ0n) is 18.1. The van der Waals surface area contributed by atoms with Gasteiger partial charge in [0, 0.05) is 38.4 Å². The lowest BCUT2D eigenvalue weighted by atomic mass is 9.94. The molecule has 0 radical (unpaired) electrons. The number of methoxy groups -OCH3 is 1. The number of hydrogen-bond donors (Lipinski definition) is 2. The van der Waals surface area contributed by atoms with Crippen LogP contribution in [0.25, 0.3) is 0 Å². The van der Waals surface area contributed by atoms with Crippen molar-refractivity contribution in [2.75, 3.05) is 39.8 Å². The van der Waals surface area contributed by atoms with Crippen molar-refractivity contribution >= 4 is 17.9 Å². The Labute approximate surface area is 186 Å². The third-order valence-corrected chi connectivity index (χ3v) is 5.74. The maximum Gasteiger partial charge on any atom is 0.338 e. The number of nitrogens with one attached hydrogen (secondary N) is 2. The maximum absolute atomic E-state index is 12.7. The Kier molecular flexibility index (Phi) is 6.27. The van der Waals surface area contributed by atoms with Gasteiger partial charge in [0.2, 0.25) is 0 Å². The van der Waals surface area contributed by atoms with Crippen LogP contribution < -0.4 is 10.6 Å². The third kappa shape index (κ3) is 4.52. The number of piperazine rings is 1. The quantitative estimate of drug-likeness (QED) is 0.691. The molecule has 168 valence electrons. The molecule has 4 rings (SSSR count). The summed E-state index contributed by atoms with van der Waals surface area (Å²) in [6, 6.07) is 10.0. The highest BCUT2D eigenvalue weighted by molar-refractivity contribution is 5.95. The summed E-state index contributed by atoms with van der Waals surface area (Å²) in [6.45, 7) is 4.58. The van der Waals surface area contributed by atoms with Gasteiger partial charge in [0.05, 0.1) is 25.0 Å². The molecule has 9 heteroatoms. The largest absolute Gasteiger partial charge is 0.466 e. The van der Waals surface area contributed by atoms with Gasteiger partial charge in [-0.05, 0) is 24.6 Å². The number of rotatable bonds is 5. The van der Waals surface area contributed by atoms with E-state index >= 15 is 0 Å². The van der Waals surface area contributed by atoms with Crippen LogP contribution in [0.1, 0.15) is 27.7 Å². The van der Waals surface area contributed by atoms with Crippen molar-refractivity contribution in [3.8, 4) is 0 Å². The minimum atomic E-state index is -0.603. The SMILES string of the molecule is COC(=O)C1=C(CN2CCN(C(=O)c3ccco3)CC2)NC(=O)NC1c1ccc(C)cc1. The Morgan fingerprint density at radius 1 is 1.12 bits per heavy atom. The van der Waals surface area contributed by atoms with Crippen LogP contribution in [0.5, 0.6) is 0 Å². The Bertz CT molecular complexity index is 1020. The van der Waals surface area contributed by atoms with Crippen LogP contribution in [0.2, 0.25) is 0 Å². The molecule has 1 atom stereocenters. The van der Waals surface area contributed by atoms with E-state index in [1.807, 2.05) is 31.2 Å². The molecule has 2 aliphatic rings. The van der Waals surface area contributed by atoms with Crippen LogP contribution >= 0.6 is 0 Å². The number of carbonyl (C=O) groups is 3. The van der Waals surface area contributed by atoms with E-state index < -0.39 is 12.0 Å². The number of amides is 3. The molecule has 0 aliphatic carbocycles. The first kappa shape index (κ1) is 21.6. The summed E-state index contributed by atoms with van der Waals surface area (Å²) in [7, 11) is 1.33. The van der Waals surface area contributed by atoms with Gasteiger partial charge in [0.1, 0.15) is 0 Å². The molecule has 1 aromatic heterocycles. The molecule has 2 N–H and O–H groups in total. The Morgan fingerprint density at radius 2 is 1.84 bits per heavy atom. The number of benzene rings is 1. The van der Waals surface area contributed by atoms with Gasteiger partial charge in [-0.1, -0.05) is 29.8 Å². The first-order chi connectivity index (χ1) is 15.5. The molecule has 3 amide bonds. The molecule has 2 aromatic rings. The van der Waals surface area contributed by atoms with Crippen molar-refractivity contribution in [1.82, 2.24) is 20.4 Å². The molecule has 0 bridgehead atoms. The summed E-state index contributed by atoms with van der Waals surface area (Å²) in [5.41, 5.74) is 2.78. The number of esters is 1. The molecule has 0 spiro atoms. The van der Waals surface area contributed by atoms with Gasteiger partial charge in [0.25, 0.3) is 5.91 Å². The predicted molar refractivity (Wildman–Crippen MR) is 116 cm³/mol. The monoisotopic (exact) mass is 438 g/mol. The topological polar surface area (TPSA) is 104 Å². The Balaban J connectivity index is 1.52. The number of nitrogens with zero attached hydrogens (tertiary/aromatic N) is 2. The van der Waals surface area contributed by atoms with Crippen LogP contribution in [0.4, 0.5) is 4.79 Å². The van der Waals surface area contributed by atoms with Crippen LogP contribution in [-0.2, 0) is 9.53 Å². The van der Waals surface area contributed by atoms with Gasteiger partial charge in [-0.15, -0.1) is 0 Å². The van der Waals surface area contributed by atoms with E-state index in [-0.39, 0.29) is 11.9 Å². The van der Waals surface area contributed by atoms with E-state index in [0.717, 1.165) is 11.1 Å². The highest BCUT2D eigenvalue weighted by Crippen LogP contribution is 2.28. The van der Waals surface area contributed by atoms with E-state index in [1.54, 1.807) is 17.0 Å². The number of aryl methyl sites for hydroxylation is 1. The average Bonchev–Trinajstić information content (AvgIpc) is 3.34. The van der Waals surface area contributed by atoms with Crippen molar-refractivity contribution in [2.45, 2.75) is 13.0 Å². The molecule has 2 aliphatic heterocycles. The van der Waals surface area contributed by atoms with Gasteiger partial charge in [0.15, 0.2) is 5.76 Å². The molecule has 0 saturated carbocycles. The molecule has 1 aromatic carbocycles. The number of urea groups is 1. The lowest BCUT2D eigenvalue weighted by Crippen LogP contribution is -2.52. The second kappa shape index (κ2) is 9.27. The first-order valence-corrected chi connectivity index (χ1v) is 10.5. The molecular formula is C23H26N4O5. The summed E-state index contributed by atoms with van der Waals surface area (Å²) in [5, 5.41) is 5.62. The lowest BCUT2D eigenvalue weighted by Gasteiger charge is -2.36. The Morgan fingerprint density at radius 3 is 2.47 bits per heavy atom. The van der Waals surface area contributed by atoms with E-state index in [0.29, 0.717) is 49.8 Å². The molecule has 9 nitrogen and oxygen atoms in total. The van der Waals surface area contributed by atoms with E-state index in [9.17, 15) is 14.4 Å². The summed E-state index contributed by atoms with van der Waals surface area (Å²) in [4.78, 5) is 41.4. The van der Waals surface area contributed by atoms with E-state index in [4.69, 9.17) is 9.15 Å². The highest BCUT2D eigenvalue weighted by atomic mass is 16.5. The minimum Gasteiger partial charge on any atom is -0.466 e. The smallest absolute Gasteiger partial charge is 0.338 e. The fourth-order valence-corrected chi connectivity index (χ4v) is 3.99. The Hall–Kier alpha value is -3.59. The second-order valence-corrected chi connectivity index (χ2v) is 7.87. The van der Waals surface area contributed by atoms with Crippen molar-refractivity contribution in [3.63, 3.8) is 0 Å². The van der Waals surface area contributed by atoms with Crippen LogP contribution in [0.3, 0.4) is 0 Å². The molecule has 32 heavy (non-hydrogen) atoms.